The van der Waals surface area contributed by atoms with Crippen LogP contribution < -0.4 is 19.5 Å². The third-order valence-electron chi connectivity index (χ3n) is 3.69. The highest BCUT2D eigenvalue weighted by molar-refractivity contribution is 6.31. The Balaban J connectivity index is 2.03. The minimum Gasteiger partial charge on any atom is -0.493 e. The first-order valence-corrected chi connectivity index (χ1v) is 8.36. The summed E-state index contributed by atoms with van der Waals surface area (Å²) >= 11 is 6.25. The number of nitrogens with one attached hydrogen (secondary N) is 1. The van der Waals surface area contributed by atoms with Crippen LogP contribution in [-0.2, 0) is 11.3 Å². The number of ether oxygens (including phenoxy) is 3. The average molecular weight is 364 g/mol. The Labute approximate surface area is 152 Å². The lowest BCUT2D eigenvalue weighted by molar-refractivity contribution is -0.128. The molecule has 0 radical (unpaired) electrons. The van der Waals surface area contributed by atoms with Crippen LogP contribution in [0.2, 0.25) is 5.02 Å². The van der Waals surface area contributed by atoms with Gasteiger partial charge >= 0.3 is 0 Å². The maximum atomic E-state index is 12.4. The van der Waals surface area contributed by atoms with Crippen molar-refractivity contribution in [3.63, 3.8) is 0 Å². The van der Waals surface area contributed by atoms with Gasteiger partial charge in [0.05, 0.1) is 14.2 Å². The second-order valence-electron chi connectivity index (χ2n) is 5.34. The van der Waals surface area contributed by atoms with E-state index in [9.17, 15) is 4.79 Å². The van der Waals surface area contributed by atoms with E-state index in [0.29, 0.717) is 28.7 Å². The van der Waals surface area contributed by atoms with E-state index in [0.717, 1.165) is 5.56 Å². The zero-order valence-corrected chi connectivity index (χ0v) is 15.3. The summed E-state index contributed by atoms with van der Waals surface area (Å²) in [4.78, 5) is 12.4. The molecule has 1 unspecified atom stereocenters. The minimum atomic E-state index is -0.568. The molecule has 0 aliphatic rings. The largest absolute Gasteiger partial charge is 0.493 e. The van der Waals surface area contributed by atoms with Crippen molar-refractivity contribution in [2.24, 2.45) is 0 Å². The molecule has 0 bridgehead atoms. The van der Waals surface area contributed by atoms with E-state index in [-0.39, 0.29) is 12.5 Å². The van der Waals surface area contributed by atoms with Gasteiger partial charge in [0.2, 0.25) is 0 Å². The topological polar surface area (TPSA) is 56.8 Å². The van der Waals surface area contributed by atoms with Gasteiger partial charge in [0.1, 0.15) is 5.75 Å². The summed E-state index contributed by atoms with van der Waals surface area (Å²) in [7, 11) is 3.09. The molecular weight excluding hydrogens is 342 g/mol. The van der Waals surface area contributed by atoms with E-state index >= 15 is 0 Å². The fourth-order valence-electron chi connectivity index (χ4n) is 2.31. The zero-order chi connectivity index (χ0) is 18.2. The molecule has 0 aliphatic carbocycles. The quantitative estimate of drug-likeness (QED) is 0.774. The molecule has 1 atom stereocenters. The predicted octanol–water partition coefficient (Wildman–Crippen LogP) is 3.83. The first-order valence-electron chi connectivity index (χ1n) is 7.98. The van der Waals surface area contributed by atoms with Crippen LogP contribution in [0.1, 0.15) is 18.9 Å². The molecule has 1 amide bonds. The van der Waals surface area contributed by atoms with Gasteiger partial charge < -0.3 is 19.5 Å². The van der Waals surface area contributed by atoms with Crippen LogP contribution in [0.15, 0.2) is 42.5 Å². The Morgan fingerprint density at radius 1 is 1.12 bits per heavy atom. The Bertz CT molecular complexity index is 706. The van der Waals surface area contributed by atoms with E-state index in [1.807, 2.05) is 37.3 Å². The number of amides is 1. The zero-order valence-electron chi connectivity index (χ0n) is 14.5. The SMILES string of the molecule is CCC(Oc1ccccc1)C(=O)NCc1cc(OC)c(OC)cc1Cl. The Kier molecular flexibility index (Phi) is 6.95. The number of carbonyl (C=O) groups is 1. The maximum absolute atomic E-state index is 12.4. The molecule has 0 saturated heterocycles. The van der Waals surface area contributed by atoms with Gasteiger partial charge in [-0.15, -0.1) is 0 Å². The molecular formula is C19H22ClNO4. The molecule has 2 aromatic carbocycles. The molecule has 25 heavy (non-hydrogen) atoms. The molecule has 134 valence electrons. The highest BCUT2D eigenvalue weighted by Crippen LogP contribution is 2.33. The number of rotatable bonds is 8. The van der Waals surface area contributed by atoms with Gasteiger partial charge in [0, 0.05) is 17.6 Å². The first-order chi connectivity index (χ1) is 12.1. The Morgan fingerprint density at radius 2 is 1.76 bits per heavy atom. The molecule has 0 fully saturated rings. The van der Waals surface area contributed by atoms with Crippen molar-refractivity contribution >= 4 is 17.5 Å². The fourth-order valence-corrected chi connectivity index (χ4v) is 2.53. The van der Waals surface area contributed by atoms with Crippen LogP contribution in [0.3, 0.4) is 0 Å². The number of halogens is 1. The van der Waals surface area contributed by atoms with Crippen molar-refractivity contribution in [3.05, 3.63) is 53.1 Å². The van der Waals surface area contributed by atoms with Crippen LogP contribution in [0.25, 0.3) is 0 Å². The van der Waals surface area contributed by atoms with Crippen LogP contribution in [0.5, 0.6) is 17.2 Å². The molecule has 0 spiro atoms. The summed E-state index contributed by atoms with van der Waals surface area (Å²) in [5, 5.41) is 3.35. The maximum Gasteiger partial charge on any atom is 0.261 e. The summed E-state index contributed by atoms with van der Waals surface area (Å²) in [6.07, 6.45) is -0.0123. The molecule has 0 heterocycles. The van der Waals surface area contributed by atoms with Crippen molar-refractivity contribution in [1.82, 2.24) is 5.32 Å². The number of hydrogen-bond acceptors (Lipinski definition) is 4. The molecule has 2 rings (SSSR count). The lowest BCUT2D eigenvalue weighted by Gasteiger charge is -2.18. The molecule has 2 aromatic rings. The van der Waals surface area contributed by atoms with E-state index in [1.54, 1.807) is 26.4 Å². The van der Waals surface area contributed by atoms with Crippen molar-refractivity contribution in [2.75, 3.05) is 14.2 Å². The van der Waals surface area contributed by atoms with Crippen molar-refractivity contribution in [3.8, 4) is 17.2 Å². The fraction of sp³-hybridized carbons (Fsp3) is 0.316. The van der Waals surface area contributed by atoms with Crippen LogP contribution in [-0.4, -0.2) is 26.2 Å². The van der Waals surface area contributed by atoms with Gasteiger partial charge in [-0.3, -0.25) is 4.79 Å². The third-order valence-corrected chi connectivity index (χ3v) is 4.04. The van der Waals surface area contributed by atoms with Gasteiger partial charge in [-0.05, 0) is 30.2 Å². The smallest absolute Gasteiger partial charge is 0.261 e. The van der Waals surface area contributed by atoms with Crippen molar-refractivity contribution in [1.29, 1.82) is 0 Å². The molecule has 6 heteroatoms. The number of benzene rings is 2. The van der Waals surface area contributed by atoms with Crippen LogP contribution in [0.4, 0.5) is 0 Å². The highest BCUT2D eigenvalue weighted by Gasteiger charge is 2.19. The van der Waals surface area contributed by atoms with Gasteiger partial charge in [0.15, 0.2) is 17.6 Å². The van der Waals surface area contributed by atoms with Gasteiger partial charge in [-0.1, -0.05) is 36.7 Å². The second-order valence-corrected chi connectivity index (χ2v) is 5.75. The van der Waals surface area contributed by atoms with Gasteiger partial charge in [-0.2, -0.15) is 0 Å². The third kappa shape index (κ3) is 5.03. The summed E-state index contributed by atoms with van der Waals surface area (Å²) < 4.78 is 16.2. The number of para-hydroxylation sites is 1. The first kappa shape index (κ1) is 18.9. The predicted molar refractivity (Wildman–Crippen MR) is 97.6 cm³/mol. The Morgan fingerprint density at radius 3 is 2.36 bits per heavy atom. The number of carbonyl (C=O) groups excluding carboxylic acids is 1. The molecule has 0 aliphatic heterocycles. The molecule has 0 aromatic heterocycles. The second kappa shape index (κ2) is 9.18. The molecule has 1 N–H and O–H groups in total. The van der Waals surface area contributed by atoms with E-state index < -0.39 is 6.10 Å². The lowest BCUT2D eigenvalue weighted by Crippen LogP contribution is -2.37. The normalized spacial score (nSPS) is 11.5. The van der Waals surface area contributed by atoms with Gasteiger partial charge in [0.25, 0.3) is 5.91 Å². The molecule has 5 nitrogen and oxygen atoms in total. The summed E-state index contributed by atoms with van der Waals surface area (Å²) in [5.41, 5.74) is 0.738. The Hall–Kier alpha value is -2.40. The standard InChI is InChI=1S/C19H22ClNO4/c1-4-16(25-14-8-6-5-7-9-14)19(22)21-12-13-10-17(23-2)18(24-3)11-15(13)20/h5-11,16H,4,12H2,1-3H3,(H,21,22). The number of methoxy groups -OCH3 is 2. The van der Waals surface area contributed by atoms with Crippen molar-refractivity contribution in [2.45, 2.75) is 26.0 Å². The minimum absolute atomic E-state index is 0.197. The lowest BCUT2D eigenvalue weighted by atomic mass is 10.2. The van der Waals surface area contributed by atoms with E-state index in [4.69, 9.17) is 25.8 Å². The average Bonchev–Trinajstić information content (AvgIpc) is 2.65. The van der Waals surface area contributed by atoms with Crippen molar-refractivity contribution < 1.29 is 19.0 Å². The van der Waals surface area contributed by atoms with Crippen LogP contribution >= 0.6 is 11.6 Å². The summed E-state index contributed by atoms with van der Waals surface area (Å²) in [6.45, 7) is 2.17. The highest BCUT2D eigenvalue weighted by atomic mass is 35.5. The van der Waals surface area contributed by atoms with Crippen LogP contribution in [0, 0.1) is 0 Å². The van der Waals surface area contributed by atoms with E-state index in [2.05, 4.69) is 5.32 Å². The van der Waals surface area contributed by atoms with Gasteiger partial charge in [-0.25, -0.2) is 0 Å². The van der Waals surface area contributed by atoms with E-state index in [1.165, 1.54) is 0 Å². The molecule has 0 saturated carbocycles. The monoisotopic (exact) mass is 363 g/mol. The summed E-state index contributed by atoms with van der Waals surface area (Å²) in [5.74, 6) is 1.57. The summed E-state index contributed by atoms with van der Waals surface area (Å²) in [6, 6.07) is 12.7. The number of hydrogen-bond donors (Lipinski definition) is 1.